The molecule has 1 heterocycles. The maximum Gasteiger partial charge on any atom is 0.162 e. The quantitative estimate of drug-likeness (QED) is 0.508. The third-order valence-electron chi connectivity index (χ3n) is 6.17. The molecule has 32 heavy (non-hydrogen) atoms. The molecule has 2 unspecified atom stereocenters. The predicted molar refractivity (Wildman–Crippen MR) is 129 cm³/mol. The van der Waals surface area contributed by atoms with E-state index in [2.05, 4.69) is 29.6 Å². The molecule has 0 amide bonds. The number of hydrogen-bond acceptors (Lipinski definition) is 5. The highest BCUT2D eigenvalue weighted by molar-refractivity contribution is 8.00. The Morgan fingerprint density at radius 2 is 1.59 bits per heavy atom. The predicted octanol–water partition coefficient (Wildman–Crippen LogP) is 6.36. The van der Waals surface area contributed by atoms with Crippen LogP contribution in [0.1, 0.15) is 35.1 Å². The number of rotatable bonds is 4. The molecule has 0 saturated heterocycles. The monoisotopic (exact) mass is 443 g/mol. The summed E-state index contributed by atoms with van der Waals surface area (Å²) >= 11 is 1.75. The van der Waals surface area contributed by atoms with Gasteiger partial charge in [0.1, 0.15) is 0 Å². The van der Waals surface area contributed by atoms with E-state index in [1.54, 1.807) is 26.0 Å². The van der Waals surface area contributed by atoms with Crippen molar-refractivity contribution in [3.05, 3.63) is 95.2 Å². The van der Waals surface area contributed by atoms with Crippen LogP contribution in [0.5, 0.6) is 11.5 Å². The molecule has 1 aliphatic carbocycles. The lowest BCUT2D eigenvalue weighted by molar-refractivity contribution is -0.116. The Morgan fingerprint density at radius 3 is 2.38 bits per heavy atom. The minimum atomic E-state index is -0.0267. The molecule has 0 fully saturated rings. The van der Waals surface area contributed by atoms with Gasteiger partial charge < -0.3 is 14.8 Å². The molecule has 2 atom stereocenters. The third-order valence-corrected chi connectivity index (χ3v) is 7.52. The number of carbonyl (C=O) groups is 1. The van der Waals surface area contributed by atoms with E-state index >= 15 is 0 Å². The van der Waals surface area contributed by atoms with Crippen molar-refractivity contribution < 1.29 is 14.3 Å². The van der Waals surface area contributed by atoms with Gasteiger partial charge in [-0.3, -0.25) is 4.79 Å². The number of allylic oxidation sites excluding steroid dienone is 1. The number of ketones is 1. The van der Waals surface area contributed by atoms with E-state index in [0.717, 1.165) is 39.4 Å². The van der Waals surface area contributed by atoms with Gasteiger partial charge >= 0.3 is 0 Å². The van der Waals surface area contributed by atoms with Gasteiger partial charge in [-0.15, -0.1) is 11.8 Å². The SMILES string of the molecule is COc1ccc(C2CC(=O)C3=C(C2)Nc2ccccc2SC3c2ccccc2)cc1OC. The van der Waals surface area contributed by atoms with E-state index in [4.69, 9.17) is 9.47 Å². The van der Waals surface area contributed by atoms with Crippen LogP contribution in [0.4, 0.5) is 5.69 Å². The Balaban J connectivity index is 1.57. The van der Waals surface area contributed by atoms with Gasteiger partial charge in [0.2, 0.25) is 0 Å². The molecule has 1 N–H and O–H groups in total. The molecule has 2 aliphatic rings. The number of thioether (sulfide) groups is 1. The van der Waals surface area contributed by atoms with Gasteiger partial charge in [-0.25, -0.2) is 0 Å². The maximum atomic E-state index is 13.6. The zero-order valence-corrected chi connectivity index (χ0v) is 18.9. The molecular formula is C27H25NO3S. The Hall–Kier alpha value is -3.18. The molecule has 3 aromatic carbocycles. The third kappa shape index (κ3) is 3.78. The summed E-state index contributed by atoms with van der Waals surface area (Å²) in [6.07, 6.45) is 1.25. The standard InChI is InChI=1S/C27H25NO3S/c1-30-23-13-12-18(16-24(23)31-2)19-14-21-26(22(29)15-19)27(17-8-4-3-5-9-17)32-25-11-7-6-10-20(25)28-21/h3-13,16,19,27-28H,14-15H2,1-2H3. The minimum absolute atomic E-state index is 0.0267. The van der Waals surface area contributed by atoms with Crippen LogP contribution in [0.25, 0.3) is 0 Å². The number of fused-ring (bicyclic) bond motifs is 1. The normalized spacial score (nSPS) is 20.0. The summed E-state index contributed by atoms with van der Waals surface area (Å²) < 4.78 is 10.9. The number of methoxy groups -OCH3 is 2. The Morgan fingerprint density at radius 1 is 0.844 bits per heavy atom. The van der Waals surface area contributed by atoms with Crippen LogP contribution in [0.3, 0.4) is 0 Å². The molecule has 0 aromatic heterocycles. The molecular weight excluding hydrogens is 418 g/mol. The van der Waals surface area contributed by atoms with Gasteiger partial charge in [-0.1, -0.05) is 48.5 Å². The lowest BCUT2D eigenvalue weighted by atomic mass is 9.79. The van der Waals surface area contributed by atoms with Gasteiger partial charge in [0.25, 0.3) is 0 Å². The molecule has 5 rings (SSSR count). The van der Waals surface area contributed by atoms with Gasteiger partial charge in [0.05, 0.1) is 25.2 Å². The molecule has 5 heteroatoms. The number of anilines is 1. The average Bonchev–Trinajstić information content (AvgIpc) is 3.01. The number of para-hydroxylation sites is 1. The van der Waals surface area contributed by atoms with Crippen molar-refractivity contribution in [2.24, 2.45) is 0 Å². The molecule has 1 aliphatic heterocycles. The van der Waals surface area contributed by atoms with Crippen LogP contribution in [0.15, 0.2) is 89.0 Å². The highest BCUT2D eigenvalue weighted by atomic mass is 32.2. The second-order valence-corrected chi connectivity index (χ2v) is 9.21. The lowest BCUT2D eigenvalue weighted by Crippen LogP contribution is -2.24. The topological polar surface area (TPSA) is 47.6 Å². The van der Waals surface area contributed by atoms with Crippen LogP contribution >= 0.6 is 11.8 Å². The second-order valence-electron chi connectivity index (χ2n) is 8.06. The summed E-state index contributed by atoms with van der Waals surface area (Å²) in [6, 6.07) is 24.6. The van der Waals surface area contributed by atoms with E-state index in [1.165, 1.54) is 0 Å². The first-order valence-electron chi connectivity index (χ1n) is 10.7. The van der Waals surface area contributed by atoms with Crippen molar-refractivity contribution in [3.8, 4) is 11.5 Å². The number of benzene rings is 3. The summed E-state index contributed by atoms with van der Waals surface area (Å²) in [5.41, 5.74) is 5.22. The van der Waals surface area contributed by atoms with E-state index in [0.29, 0.717) is 17.9 Å². The highest BCUT2D eigenvalue weighted by Crippen LogP contribution is 2.51. The molecule has 0 bridgehead atoms. The van der Waals surface area contributed by atoms with Crippen molar-refractivity contribution in [2.75, 3.05) is 19.5 Å². The van der Waals surface area contributed by atoms with Crippen molar-refractivity contribution in [1.29, 1.82) is 0 Å². The van der Waals surface area contributed by atoms with E-state index in [-0.39, 0.29) is 17.0 Å². The molecule has 0 saturated carbocycles. The van der Waals surface area contributed by atoms with Gasteiger partial charge in [-0.2, -0.15) is 0 Å². The van der Waals surface area contributed by atoms with E-state index < -0.39 is 0 Å². The van der Waals surface area contributed by atoms with Gasteiger partial charge in [0.15, 0.2) is 17.3 Å². The first-order chi connectivity index (χ1) is 15.7. The van der Waals surface area contributed by atoms with E-state index in [9.17, 15) is 4.79 Å². The largest absolute Gasteiger partial charge is 0.493 e. The van der Waals surface area contributed by atoms with E-state index in [1.807, 2.05) is 48.5 Å². The average molecular weight is 444 g/mol. The number of nitrogens with one attached hydrogen (secondary N) is 1. The Kier molecular flexibility index (Phi) is 5.66. The summed E-state index contributed by atoms with van der Waals surface area (Å²) in [6.45, 7) is 0. The second kappa shape index (κ2) is 8.75. The first kappa shape index (κ1) is 20.7. The fourth-order valence-corrected chi connectivity index (χ4v) is 5.92. The summed E-state index contributed by atoms with van der Waals surface area (Å²) in [5, 5.41) is 3.60. The zero-order chi connectivity index (χ0) is 22.1. The van der Waals surface area contributed by atoms with Crippen molar-refractivity contribution in [3.63, 3.8) is 0 Å². The van der Waals surface area contributed by atoms with Gasteiger partial charge in [-0.05, 0) is 47.7 Å². The smallest absolute Gasteiger partial charge is 0.162 e. The molecule has 4 nitrogen and oxygen atoms in total. The number of hydrogen-bond donors (Lipinski definition) is 1. The fraction of sp³-hybridized carbons (Fsp3) is 0.222. The van der Waals surface area contributed by atoms with Crippen LogP contribution in [0, 0.1) is 0 Å². The van der Waals surface area contributed by atoms with Crippen LogP contribution in [0.2, 0.25) is 0 Å². The number of Topliss-reactive ketones (excluding diaryl/α,β-unsaturated/α-hetero) is 1. The first-order valence-corrected chi connectivity index (χ1v) is 11.6. The highest BCUT2D eigenvalue weighted by Gasteiger charge is 2.36. The molecule has 0 radical (unpaired) electrons. The number of ether oxygens (including phenoxy) is 2. The van der Waals surface area contributed by atoms with Crippen LogP contribution in [-0.2, 0) is 4.79 Å². The summed E-state index contributed by atoms with van der Waals surface area (Å²) in [7, 11) is 3.27. The van der Waals surface area contributed by atoms with Crippen molar-refractivity contribution in [2.45, 2.75) is 28.9 Å². The Labute approximate surface area is 192 Å². The van der Waals surface area contributed by atoms with Crippen LogP contribution < -0.4 is 14.8 Å². The van der Waals surface area contributed by atoms with Crippen molar-refractivity contribution >= 4 is 23.2 Å². The zero-order valence-electron chi connectivity index (χ0n) is 18.1. The van der Waals surface area contributed by atoms with Gasteiger partial charge in [0, 0.05) is 22.6 Å². The summed E-state index contributed by atoms with van der Waals surface area (Å²) in [5.74, 6) is 1.67. The molecule has 162 valence electrons. The summed E-state index contributed by atoms with van der Waals surface area (Å²) in [4.78, 5) is 14.8. The number of carbonyl (C=O) groups excluding carboxylic acids is 1. The molecule has 3 aromatic rings. The Bertz CT molecular complexity index is 1190. The molecule has 0 spiro atoms. The van der Waals surface area contributed by atoms with Crippen molar-refractivity contribution in [1.82, 2.24) is 0 Å². The minimum Gasteiger partial charge on any atom is -0.493 e. The fourth-order valence-electron chi connectivity index (χ4n) is 4.58. The van der Waals surface area contributed by atoms with Crippen LogP contribution in [-0.4, -0.2) is 20.0 Å². The maximum absolute atomic E-state index is 13.6. The lowest BCUT2D eigenvalue weighted by Gasteiger charge is -2.29.